The van der Waals surface area contributed by atoms with Gasteiger partial charge in [-0.25, -0.2) is 4.98 Å². The van der Waals surface area contributed by atoms with Crippen molar-refractivity contribution in [1.29, 1.82) is 10.8 Å². The zero-order chi connectivity index (χ0) is 22.4. The van der Waals surface area contributed by atoms with Crippen LogP contribution in [-0.2, 0) is 5.54 Å². The Bertz CT molecular complexity index is 1110. The summed E-state index contributed by atoms with van der Waals surface area (Å²) in [5.41, 5.74) is 10.1. The quantitative estimate of drug-likeness (QED) is 0.395. The third kappa shape index (κ3) is 4.11. The highest BCUT2D eigenvalue weighted by atomic mass is 32.1. The number of nitrogens with one attached hydrogen (secondary N) is 2. The van der Waals surface area contributed by atoms with Crippen molar-refractivity contribution in [2.45, 2.75) is 50.7 Å². The highest BCUT2D eigenvalue weighted by Crippen LogP contribution is 2.47. The van der Waals surface area contributed by atoms with E-state index in [9.17, 15) is 5.11 Å². The Morgan fingerprint density at radius 1 is 1.00 bits per heavy atom. The van der Waals surface area contributed by atoms with Gasteiger partial charge in [0.05, 0.1) is 22.1 Å². The van der Waals surface area contributed by atoms with Gasteiger partial charge < -0.3 is 21.7 Å². The first-order valence-electron chi connectivity index (χ1n) is 10.4. The molecule has 3 aromatic rings. The Hall–Kier alpha value is -2.67. The highest BCUT2D eigenvalue weighted by Gasteiger charge is 2.49. The van der Waals surface area contributed by atoms with Crippen molar-refractivity contribution in [1.82, 2.24) is 4.98 Å². The fraction of sp³-hybridized carbons (Fsp3) is 0.320. The van der Waals surface area contributed by atoms with Crippen LogP contribution in [0.25, 0.3) is 21.7 Å². The van der Waals surface area contributed by atoms with Gasteiger partial charge in [-0.3, -0.25) is 0 Å². The maximum atomic E-state index is 10.1. The second kappa shape index (κ2) is 7.79. The molecule has 0 radical (unpaired) electrons. The number of hydrogen-bond donors (Lipinski definition) is 4. The molecule has 0 unspecified atom stereocenters. The normalized spacial score (nSPS) is 23.8. The summed E-state index contributed by atoms with van der Waals surface area (Å²) in [6.45, 7) is 5.28. The molecule has 0 amide bonds. The molecule has 1 aromatic heterocycles. The van der Waals surface area contributed by atoms with Gasteiger partial charge in [0.15, 0.2) is 0 Å². The van der Waals surface area contributed by atoms with Crippen LogP contribution in [0, 0.1) is 10.8 Å². The zero-order valence-corrected chi connectivity index (χ0v) is 18.9. The van der Waals surface area contributed by atoms with Crippen LogP contribution < -0.4 is 5.73 Å². The van der Waals surface area contributed by atoms with Gasteiger partial charge in [0.2, 0.25) is 0 Å². The zero-order valence-electron chi connectivity index (χ0n) is 18.1. The third-order valence-corrected chi connectivity index (χ3v) is 7.09. The largest absolute Gasteiger partial charge is 0.390 e. The van der Waals surface area contributed by atoms with Crippen molar-refractivity contribution >= 4 is 22.8 Å². The van der Waals surface area contributed by atoms with E-state index in [4.69, 9.17) is 21.5 Å². The first-order valence-corrected chi connectivity index (χ1v) is 11.2. The van der Waals surface area contributed by atoms with Gasteiger partial charge in [-0.1, -0.05) is 54.6 Å². The molecule has 0 spiro atoms. The lowest BCUT2D eigenvalue weighted by Gasteiger charge is -2.49. The van der Waals surface area contributed by atoms with E-state index in [1.54, 1.807) is 25.2 Å². The van der Waals surface area contributed by atoms with Crippen molar-refractivity contribution in [2.75, 3.05) is 0 Å². The van der Waals surface area contributed by atoms with Crippen LogP contribution >= 0.6 is 11.3 Å². The molecule has 6 heteroatoms. The fourth-order valence-corrected chi connectivity index (χ4v) is 5.94. The minimum Gasteiger partial charge on any atom is -0.390 e. The predicted molar refractivity (Wildman–Crippen MR) is 128 cm³/mol. The van der Waals surface area contributed by atoms with Gasteiger partial charge in [0, 0.05) is 22.5 Å². The Balaban J connectivity index is 1.77. The number of benzene rings is 2. The number of nitrogens with two attached hydrogens (primary N) is 1. The summed E-state index contributed by atoms with van der Waals surface area (Å²) in [6, 6.07) is 18.2. The molecule has 160 valence electrons. The summed E-state index contributed by atoms with van der Waals surface area (Å²) in [4.78, 5) is 5.95. The number of rotatable bonds is 6. The molecule has 31 heavy (non-hydrogen) atoms. The van der Waals surface area contributed by atoms with Crippen LogP contribution in [0.4, 0.5) is 0 Å². The van der Waals surface area contributed by atoms with E-state index in [2.05, 4.69) is 12.1 Å². The van der Waals surface area contributed by atoms with Gasteiger partial charge in [0.1, 0.15) is 5.01 Å². The van der Waals surface area contributed by atoms with Crippen molar-refractivity contribution in [3.05, 3.63) is 65.2 Å². The summed E-state index contributed by atoms with van der Waals surface area (Å²) in [6.07, 6.45) is 1.10. The molecular formula is C25H28N4OS. The van der Waals surface area contributed by atoms with E-state index in [0.29, 0.717) is 24.3 Å². The standard InChI is InChI=1S/C25H28N4OS/c1-15(26)20(16(2)27)23-29-21(22(31-23)18-7-5-4-6-8-18)17-9-11-19(12-10-17)25(28)13-24(3,30)14-25/h4-12,20,26-27,30H,13-14,28H2,1-3H3. The second-order valence-corrected chi connectivity index (χ2v) is 10.0. The molecule has 5 nitrogen and oxygen atoms in total. The molecule has 0 saturated heterocycles. The SMILES string of the molecule is CC(=N)C(C(C)=N)c1nc(-c2ccc(C3(N)CC(C)(O)C3)cc2)c(-c2ccccc2)s1. The smallest absolute Gasteiger partial charge is 0.108 e. The van der Waals surface area contributed by atoms with Crippen LogP contribution in [0.3, 0.4) is 0 Å². The van der Waals surface area contributed by atoms with Gasteiger partial charge in [-0.05, 0) is 44.7 Å². The first kappa shape index (κ1) is 21.6. The Morgan fingerprint density at radius 3 is 2.10 bits per heavy atom. The molecule has 1 fully saturated rings. The van der Waals surface area contributed by atoms with E-state index >= 15 is 0 Å². The molecule has 1 aliphatic rings. The summed E-state index contributed by atoms with van der Waals surface area (Å²) in [5, 5.41) is 27.2. The summed E-state index contributed by atoms with van der Waals surface area (Å²) in [7, 11) is 0. The Morgan fingerprint density at radius 2 is 1.58 bits per heavy atom. The molecule has 1 heterocycles. The monoisotopic (exact) mass is 432 g/mol. The minimum absolute atomic E-state index is 0.398. The number of thiazole rings is 1. The van der Waals surface area contributed by atoms with E-state index < -0.39 is 17.1 Å². The van der Waals surface area contributed by atoms with E-state index in [1.165, 1.54) is 0 Å². The van der Waals surface area contributed by atoms with Gasteiger partial charge in [-0.15, -0.1) is 11.3 Å². The molecule has 1 saturated carbocycles. The van der Waals surface area contributed by atoms with Crippen molar-refractivity contribution < 1.29 is 5.11 Å². The van der Waals surface area contributed by atoms with Gasteiger partial charge in [-0.2, -0.15) is 0 Å². The van der Waals surface area contributed by atoms with E-state index in [1.807, 2.05) is 49.4 Å². The molecule has 5 N–H and O–H groups in total. The van der Waals surface area contributed by atoms with Crippen molar-refractivity contribution in [2.24, 2.45) is 5.73 Å². The van der Waals surface area contributed by atoms with Crippen molar-refractivity contribution in [3.8, 4) is 21.7 Å². The van der Waals surface area contributed by atoms with Crippen LogP contribution in [0.1, 0.15) is 50.1 Å². The van der Waals surface area contributed by atoms with Crippen LogP contribution in [0.5, 0.6) is 0 Å². The summed E-state index contributed by atoms with van der Waals surface area (Å²) >= 11 is 1.55. The van der Waals surface area contributed by atoms with Crippen LogP contribution in [0.2, 0.25) is 0 Å². The lowest BCUT2D eigenvalue weighted by atomic mass is 9.63. The average Bonchev–Trinajstić information content (AvgIpc) is 3.11. The molecule has 0 atom stereocenters. The number of aliphatic hydroxyl groups is 1. The Kier molecular flexibility index (Phi) is 5.41. The Labute approximate surface area is 187 Å². The molecule has 4 rings (SSSR count). The highest BCUT2D eigenvalue weighted by molar-refractivity contribution is 7.16. The fourth-order valence-electron chi connectivity index (χ4n) is 4.61. The van der Waals surface area contributed by atoms with Crippen molar-refractivity contribution in [3.63, 3.8) is 0 Å². The number of hydrogen-bond acceptors (Lipinski definition) is 6. The lowest BCUT2D eigenvalue weighted by Crippen LogP contribution is -2.58. The van der Waals surface area contributed by atoms with Crippen LogP contribution in [-0.4, -0.2) is 27.1 Å². The van der Waals surface area contributed by atoms with Crippen LogP contribution in [0.15, 0.2) is 54.6 Å². The molecule has 0 bridgehead atoms. The van der Waals surface area contributed by atoms with E-state index in [-0.39, 0.29) is 0 Å². The number of nitrogens with zero attached hydrogens (tertiary/aromatic N) is 1. The molecule has 1 aliphatic carbocycles. The van der Waals surface area contributed by atoms with Gasteiger partial charge >= 0.3 is 0 Å². The number of aromatic nitrogens is 1. The predicted octanol–water partition coefficient (Wildman–Crippen LogP) is 5.34. The average molecular weight is 433 g/mol. The lowest BCUT2D eigenvalue weighted by molar-refractivity contribution is -0.0738. The maximum Gasteiger partial charge on any atom is 0.108 e. The maximum absolute atomic E-state index is 10.1. The minimum atomic E-state index is -0.692. The van der Waals surface area contributed by atoms with E-state index in [0.717, 1.165) is 32.3 Å². The molecule has 0 aliphatic heterocycles. The summed E-state index contributed by atoms with van der Waals surface area (Å²) < 4.78 is 0. The summed E-state index contributed by atoms with van der Waals surface area (Å²) in [5.74, 6) is -0.398. The van der Waals surface area contributed by atoms with Gasteiger partial charge in [0.25, 0.3) is 0 Å². The first-order chi connectivity index (χ1) is 14.6. The molecule has 2 aromatic carbocycles. The second-order valence-electron chi connectivity index (χ2n) is 8.98. The topological polar surface area (TPSA) is 107 Å². The molecular weight excluding hydrogens is 404 g/mol. The third-order valence-electron chi connectivity index (χ3n) is 5.92.